The van der Waals surface area contributed by atoms with Gasteiger partial charge in [0.15, 0.2) is 0 Å². The Morgan fingerprint density at radius 1 is 0.950 bits per heavy atom. The highest BCUT2D eigenvalue weighted by Crippen LogP contribution is 2.33. The van der Waals surface area contributed by atoms with Crippen molar-refractivity contribution in [3.8, 4) is 11.1 Å². The zero-order chi connectivity index (χ0) is 27.9. The topological polar surface area (TPSA) is 44.8 Å². The first-order valence-electron chi connectivity index (χ1n) is 13.9. The van der Waals surface area contributed by atoms with E-state index in [-0.39, 0.29) is 11.9 Å². The van der Waals surface area contributed by atoms with Gasteiger partial charge in [0.1, 0.15) is 5.76 Å². The van der Waals surface area contributed by atoms with Gasteiger partial charge < -0.3 is 15.0 Å². The predicted octanol–water partition coefficient (Wildman–Crippen LogP) is 7.41. The van der Waals surface area contributed by atoms with E-state index < -0.39 is 0 Å². The first-order chi connectivity index (χ1) is 19.5. The number of hydrogen-bond acceptors (Lipinski definition) is 4. The van der Waals surface area contributed by atoms with Crippen LogP contribution in [0.25, 0.3) is 11.1 Å². The molecule has 1 saturated heterocycles. The lowest BCUT2D eigenvalue weighted by molar-refractivity contribution is 0.102. The van der Waals surface area contributed by atoms with Gasteiger partial charge in [0.25, 0.3) is 5.91 Å². The van der Waals surface area contributed by atoms with E-state index in [4.69, 9.17) is 4.74 Å². The third kappa shape index (κ3) is 6.11. The molecule has 0 bridgehead atoms. The number of likely N-dealkylation sites (N-methyl/N-ethyl adjacent to an activating group) is 1. The molecule has 1 aliphatic heterocycles. The Morgan fingerprint density at radius 2 is 1.60 bits per heavy atom. The van der Waals surface area contributed by atoms with E-state index in [0.717, 1.165) is 47.8 Å². The average Bonchev–Trinajstić information content (AvgIpc) is 3.49. The van der Waals surface area contributed by atoms with E-state index in [0.29, 0.717) is 18.2 Å². The standard InChI is InChI=1S/C35H37N3O2/c1-4-40-26(2)34(28-15-9-6-10-16-28)37(3)31-23-24-38(25-31)30-21-19-29(20-22-30)36-35(39)33-18-12-11-17-32(33)27-13-7-5-8-14-27/h5-22,31,34H,2,4,23-25H2,1,3H3,(H,36,39). The van der Waals surface area contributed by atoms with E-state index in [1.807, 2.05) is 79.7 Å². The Labute approximate surface area is 237 Å². The summed E-state index contributed by atoms with van der Waals surface area (Å²) in [5, 5.41) is 3.08. The van der Waals surface area contributed by atoms with E-state index in [1.165, 1.54) is 5.56 Å². The van der Waals surface area contributed by atoms with Crippen LogP contribution in [-0.4, -0.2) is 43.6 Å². The molecule has 2 unspecified atom stereocenters. The van der Waals surface area contributed by atoms with Gasteiger partial charge in [-0.3, -0.25) is 9.69 Å². The van der Waals surface area contributed by atoms with Crippen molar-refractivity contribution in [3.05, 3.63) is 133 Å². The van der Waals surface area contributed by atoms with Crippen molar-refractivity contribution in [1.29, 1.82) is 0 Å². The van der Waals surface area contributed by atoms with Crippen molar-refractivity contribution < 1.29 is 9.53 Å². The van der Waals surface area contributed by atoms with Crippen molar-refractivity contribution in [3.63, 3.8) is 0 Å². The van der Waals surface area contributed by atoms with Gasteiger partial charge in [-0.1, -0.05) is 85.4 Å². The average molecular weight is 532 g/mol. The number of anilines is 2. The summed E-state index contributed by atoms with van der Waals surface area (Å²) >= 11 is 0. The number of carbonyl (C=O) groups excluding carboxylic acids is 1. The molecule has 1 N–H and O–H groups in total. The van der Waals surface area contributed by atoms with Gasteiger partial charge in [0, 0.05) is 36.1 Å². The second-order valence-corrected chi connectivity index (χ2v) is 10.2. The first-order valence-corrected chi connectivity index (χ1v) is 13.9. The fourth-order valence-corrected chi connectivity index (χ4v) is 5.57. The SMILES string of the molecule is C=C(OCC)C(c1ccccc1)N(C)C1CCN(c2ccc(NC(=O)c3ccccc3-c3ccccc3)cc2)C1. The van der Waals surface area contributed by atoms with Crippen LogP contribution in [0, 0.1) is 0 Å². The smallest absolute Gasteiger partial charge is 0.256 e. The Hall–Kier alpha value is -4.35. The van der Waals surface area contributed by atoms with E-state index in [9.17, 15) is 4.79 Å². The molecular weight excluding hydrogens is 494 g/mol. The van der Waals surface area contributed by atoms with Gasteiger partial charge >= 0.3 is 0 Å². The molecule has 5 rings (SSSR count). The van der Waals surface area contributed by atoms with Crippen molar-refractivity contribution in [2.24, 2.45) is 0 Å². The minimum absolute atomic E-state index is 0.00227. The van der Waals surface area contributed by atoms with Crippen LogP contribution in [0.3, 0.4) is 0 Å². The number of benzene rings is 4. The van der Waals surface area contributed by atoms with Gasteiger partial charge in [-0.25, -0.2) is 0 Å². The summed E-state index contributed by atoms with van der Waals surface area (Å²) in [5.41, 5.74) is 5.72. The van der Waals surface area contributed by atoms with E-state index in [1.54, 1.807) is 0 Å². The Kier molecular flexibility index (Phi) is 8.62. The van der Waals surface area contributed by atoms with Crippen molar-refractivity contribution in [1.82, 2.24) is 4.90 Å². The summed E-state index contributed by atoms with van der Waals surface area (Å²) in [6, 6.07) is 36.7. The minimum Gasteiger partial charge on any atom is -0.497 e. The summed E-state index contributed by atoms with van der Waals surface area (Å²) in [6.07, 6.45) is 1.05. The number of nitrogens with zero attached hydrogens (tertiary/aromatic N) is 2. The molecule has 4 aromatic carbocycles. The molecule has 4 aromatic rings. The molecule has 1 aliphatic rings. The van der Waals surface area contributed by atoms with Crippen LogP contribution in [0.1, 0.15) is 35.3 Å². The van der Waals surface area contributed by atoms with Gasteiger partial charge in [-0.05, 0) is 67.4 Å². The normalized spacial score (nSPS) is 15.6. The molecule has 0 aromatic heterocycles. The molecule has 5 heteroatoms. The summed E-state index contributed by atoms with van der Waals surface area (Å²) in [5.74, 6) is 0.667. The van der Waals surface area contributed by atoms with E-state index >= 15 is 0 Å². The number of hydrogen-bond donors (Lipinski definition) is 1. The van der Waals surface area contributed by atoms with Crippen LogP contribution in [0.2, 0.25) is 0 Å². The molecular formula is C35H37N3O2. The highest BCUT2D eigenvalue weighted by Gasteiger charge is 2.32. The number of rotatable bonds is 10. The lowest BCUT2D eigenvalue weighted by Gasteiger charge is -2.34. The van der Waals surface area contributed by atoms with Crippen LogP contribution in [0.15, 0.2) is 122 Å². The molecule has 1 amide bonds. The molecule has 0 aliphatic carbocycles. The molecule has 0 saturated carbocycles. The molecule has 204 valence electrons. The fraction of sp³-hybridized carbons (Fsp3) is 0.229. The van der Waals surface area contributed by atoms with Crippen LogP contribution in [0.4, 0.5) is 11.4 Å². The Bertz CT molecular complexity index is 1420. The maximum atomic E-state index is 13.2. The van der Waals surface area contributed by atoms with Crippen molar-refractivity contribution in [2.45, 2.75) is 25.4 Å². The van der Waals surface area contributed by atoms with E-state index in [2.05, 4.69) is 65.1 Å². The van der Waals surface area contributed by atoms with Gasteiger partial charge in [0.05, 0.1) is 12.6 Å². The highest BCUT2D eigenvalue weighted by atomic mass is 16.5. The third-order valence-corrected chi connectivity index (χ3v) is 7.64. The second kappa shape index (κ2) is 12.7. The predicted molar refractivity (Wildman–Crippen MR) is 165 cm³/mol. The molecule has 0 spiro atoms. The summed E-state index contributed by atoms with van der Waals surface area (Å²) < 4.78 is 5.88. The molecule has 5 nitrogen and oxygen atoms in total. The van der Waals surface area contributed by atoms with Crippen LogP contribution in [-0.2, 0) is 4.74 Å². The first kappa shape index (κ1) is 27.2. The zero-order valence-corrected chi connectivity index (χ0v) is 23.3. The maximum Gasteiger partial charge on any atom is 0.256 e. The Morgan fingerprint density at radius 3 is 2.30 bits per heavy atom. The van der Waals surface area contributed by atoms with Crippen LogP contribution in [0.5, 0.6) is 0 Å². The van der Waals surface area contributed by atoms with Crippen LogP contribution < -0.4 is 10.2 Å². The molecule has 1 fully saturated rings. The quantitative estimate of drug-likeness (QED) is 0.217. The van der Waals surface area contributed by atoms with Gasteiger partial charge in [0.2, 0.25) is 0 Å². The summed E-state index contributed by atoms with van der Waals surface area (Å²) in [4.78, 5) is 18.0. The number of amides is 1. The van der Waals surface area contributed by atoms with Gasteiger partial charge in [-0.15, -0.1) is 0 Å². The Balaban J connectivity index is 1.25. The van der Waals surface area contributed by atoms with Crippen molar-refractivity contribution in [2.75, 3.05) is 37.0 Å². The second-order valence-electron chi connectivity index (χ2n) is 10.2. The molecule has 0 radical (unpaired) electrons. The molecule has 1 heterocycles. The fourth-order valence-electron chi connectivity index (χ4n) is 5.57. The van der Waals surface area contributed by atoms with Crippen LogP contribution >= 0.6 is 0 Å². The third-order valence-electron chi connectivity index (χ3n) is 7.64. The number of carbonyl (C=O) groups is 1. The maximum absolute atomic E-state index is 13.2. The molecule has 2 atom stereocenters. The van der Waals surface area contributed by atoms with Gasteiger partial charge in [-0.2, -0.15) is 0 Å². The number of nitrogens with one attached hydrogen (secondary N) is 1. The highest BCUT2D eigenvalue weighted by molar-refractivity contribution is 6.08. The minimum atomic E-state index is -0.114. The monoisotopic (exact) mass is 531 g/mol. The zero-order valence-electron chi connectivity index (χ0n) is 23.3. The molecule has 40 heavy (non-hydrogen) atoms. The lowest BCUT2D eigenvalue weighted by Crippen LogP contribution is -2.38. The lowest BCUT2D eigenvalue weighted by atomic mass is 9.99. The number of ether oxygens (including phenoxy) is 1. The largest absolute Gasteiger partial charge is 0.497 e. The summed E-state index contributed by atoms with van der Waals surface area (Å²) in [6.45, 7) is 8.74. The summed E-state index contributed by atoms with van der Waals surface area (Å²) in [7, 11) is 2.17. The van der Waals surface area contributed by atoms with Crippen molar-refractivity contribution >= 4 is 17.3 Å².